The molecule has 1 saturated heterocycles. The Morgan fingerprint density at radius 1 is 1.11 bits per heavy atom. The minimum atomic E-state index is -0.622. The fourth-order valence-corrected chi connectivity index (χ4v) is 3.10. The van der Waals surface area contributed by atoms with Gasteiger partial charge in [0.25, 0.3) is 5.91 Å². The highest BCUT2D eigenvalue weighted by Crippen LogP contribution is 2.24. The van der Waals surface area contributed by atoms with Gasteiger partial charge in [-0.2, -0.15) is 0 Å². The number of nitrogens with zero attached hydrogens (tertiary/aromatic N) is 1. The Hall–Kier alpha value is -3.35. The van der Waals surface area contributed by atoms with Crippen molar-refractivity contribution in [3.8, 4) is 0 Å². The molecule has 0 radical (unpaired) electrons. The molecular weight excluding hydrogens is 344 g/mol. The van der Waals surface area contributed by atoms with Gasteiger partial charge >= 0.3 is 6.03 Å². The number of anilines is 2. The zero-order chi connectivity index (χ0) is 19.6. The van der Waals surface area contributed by atoms with Gasteiger partial charge in [-0.1, -0.05) is 18.2 Å². The van der Waals surface area contributed by atoms with Gasteiger partial charge in [-0.05, 0) is 49.2 Å². The van der Waals surface area contributed by atoms with E-state index in [1.165, 1.54) is 0 Å². The zero-order valence-corrected chi connectivity index (χ0v) is 15.3. The molecule has 7 heteroatoms. The first-order valence-electron chi connectivity index (χ1n) is 8.69. The van der Waals surface area contributed by atoms with E-state index in [-0.39, 0.29) is 23.9 Å². The number of amides is 4. The second kappa shape index (κ2) is 7.49. The molecule has 2 aromatic rings. The quantitative estimate of drug-likeness (QED) is 0.773. The van der Waals surface area contributed by atoms with E-state index in [1.54, 1.807) is 29.2 Å². The van der Waals surface area contributed by atoms with Gasteiger partial charge in [0.15, 0.2) is 0 Å². The lowest BCUT2D eigenvalue weighted by atomic mass is 10.1. The Kier molecular flexibility index (Phi) is 5.12. The molecule has 0 saturated carbocycles. The van der Waals surface area contributed by atoms with Crippen LogP contribution < -0.4 is 21.3 Å². The molecule has 4 N–H and O–H groups in total. The maximum atomic E-state index is 12.4. The molecule has 1 heterocycles. The molecule has 0 aromatic heterocycles. The van der Waals surface area contributed by atoms with Crippen LogP contribution in [0.1, 0.15) is 27.9 Å². The van der Waals surface area contributed by atoms with E-state index >= 15 is 0 Å². The van der Waals surface area contributed by atoms with Crippen molar-refractivity contribution in [1.29, 1.82) is 0 Å². The number of rotatable bonds is 4. The highest BCUT2D eigenvalue weighted by molar-refractivity contribution is 6.03. The average molecular weight is 366 g/mol. The van der Waals surface area contributed by atoms with Gasteiger partial charge in [0.1, 0.15) is 0 Å². The predicted molar refractivity (Wildman–Crippen MR) is 104 cm³/mol. The van der Waals surface area contributed by atoms with Crippen LogP contribution >= 0.6 is 0 Å². The summed E-state index contributed by atoms with van der Waals surface area (Å²) in [6.07, 6.45) is 0.220. The van der Waals surface area contributed by atoms with Gasteiger partial charge in [0.05, 0.1) is 17.3 Å². The number of hydrogen-bond acceptors (Lipinski definition) is 3. The molecule has 1 aliphatic heterocycles. The van der Waals surface area contributed by atoms with E-state index < -0.39 is 11.9 Å². The minimum Gasteiger partial charge on any atom is -0.366 e. The smallest absolute Gasteiger partial charge is 0.319 e. The molecule has 0 bridgehead atoms. The molecule has 27 heavy (non-hydrogen) atoms. The summed E-state index contributed by atoms with van der Waals surface area (Å²) < 4.78 is 0. The molecule has 1 fully saturated rings. The fourth-order valence-electron chi connectivity index (χ4n) is 3.10. The first-order valence-corrected chi connectivity index (χ1v) is 8.69. The van der Waals surface area contributed by atoms with Gasteiger partial charge in [-0.15, -0.1) is 0 Å². The highest BCUT2D eigenvalue weighted by Gasteiger charge is 2.31. The average Bonchev–Trinajstić information content (AvgIpc) is 2.97. The molecule has 3 rings (SSSR count). The van der Waals surface area contributed by atoms with E-state index in [9.17, 15) is 14.4 Å². The van der Waals surface area contributed by atoms with Gasteiger partial charge in [-0.25, -0.2) is 4.79 Å². The summed E-state index contributed by atoms with van der Waals surface area (Å²) in [4.78, 5) is 37.8. The van der Waals surface area contributed by atoms with Crippen molar-refractivity contribution < 1.29 is 14.4 Å². The van der Waals surface area contributed by atoms with Crippen LogP contribution in [0.5, 0.6) is 0 Å². The lowest BCUT2D eigenvalue weighted by molar-refractivity contribution is -0.117. The Labute approximate surface area is 157 Å². The topological polar surface area (TPSA) is 105 Å². The normalized spacial score (nSPS) is 16.3. The molecule has 0 aliphatic carbocycles. The number of carbonyl (C=O) groups is 3. The number of carbonyl (C=O) groups excluding carboxylic acids is 3. The highest BCUT2D eigenvalue weighted by atomic mass is 16.2. The van der Waals surface area contributed by atoms with Crippen molar-refractivity contribution in [2.75, 3.05) is 16.8 Å². The lowest BCUT2D eigenvalue weighted by Crippen LogP contribution is -2.40. The zero-order valence-electron chi connectivity index (χ0n) is 15.3. The largest absolute Gasteiger partial charge is 0.366 e. The standard InChI is InChI=1S/C20H22N4O3/c1-12-7-8-15(9-13(12)2)24-11-14(10-18(24)25)22-20(27)23-17-6-4-3-5-16(17)19(21)26/h3-9,14H,10-11H2,1-2H3,(H2,21,26)(H2,22,23,27). The molecule has 7 nitrogen and oxygen atoms in total. The van der Waals surface area contributed by atoms with Crippen LogP contribution in [0.25, 0.3) is 0 Å². The number of para-hydroxylation sites is 1. The van der Waals surface area contributed by atoms with E-state index in [1.807, 2.05) is 32.0 Å². The Bertz CT molecular complexity index is 910. The number of nitrogens with two attached hydrogens (primary N) is 1. The lowest BCUT2D eigenvalue weighted by Gasteiger charge is -2.18. The van der Waals surface area contributed by atoms with Crippen molar-refractivity contribution in [1.82, 2.24) is 5.32 Å². The molecule has 1 unspecified atom stereocenters. The molecule has 1 atom stereocenters. The molecule has 2 aromatic carbocycles. The monoisotopic (exact) mass is 366 g/mol. The third kappa shape index (κ3) is 4.08. The third-order valence-electron chi connectivity index (χ3n) is 4.70. The van der Waals surface area contributed by atoms with Crippen LogP contribution in [0.2, 0.25) is 0 Å². The van der Waals surface area contributed by atoms with Gasteiger partial charge in [0, 0.05) is 18.7 Å². The van der Waals surface area contributed by atoms with Crippen LogP contribution in [0, 0.1) is 13.8 Å². The number of hydrogen-bond donors (Lipinski definition) is 3. The summed E-state index contributed by atoms with van der Waals surface area (Å²) in [6.45, 7) is 4.41. The van der Waals surface area contributed by atoms with Crippen LogP contribution in [0.3, 0.4) is 0 Å². The van der Waals surface area contributed by atoms with Crippen LogP contribution in [-0.4, -0.2) is 30.4 Å². The SMILES string of the molecule is Cc1ccc(N2CC(NC(=O)Nc3ccccc3C(N)=O)CC2=O)cc1C. The number of urea groups is 1. The van der Waals surface area contributed by atoms with E-state index in [2.05, 4.69) is 10.6 Å². The molecular formula is C20H22N4O3. The van der Waals surface area contributed by atoms with E-state index in [4.69, 9.17) is 5.73 Å². The van der Waals surface area contributed by atoms with Crippen molar-refractivity contribution in [2.24, 2.45) is 5.73 Å². The number of nitrogens with one attached hydrogen (secondary N) is 2. The van der Waals surface area contributed by atoms with Crippen molar-refractivity contribution in [2.45, 2.75) is 26.3 Å². The Morgan fingerprint density at radius 3 is 2.56 bits per heavy atom. The number of benzene rings is 2. The minimum absolute atomic E-state index is 0.0407. The summed E-state index contributed by atoms with van der Waals surface area (Å²) in [7, 11) is 0. The van der Waals surface area contributed by atoms with E-state index in [0.29, 0.717) is 12.2 Å². The second-order valence-corrected chi connectivity index (χ2v) is 6.68. The first-order chi connectivity index (χ1) is 12.8. The Morgan fingerprint density at radius 2 is 1.85 bits per heavy atom. The summed E-state index contributed by atoms with van der Waals surface area (Å²) in [5.41, 5.74) is 8.97. The van der Waals surface area contributed by atoms with Crippen molar-refractivity contribution >= 4 is 29.2 Å². The first kappa shape index (κ1) is 18.4. The fraction of sp³-hybridized carbons (Fsp3) is 0.250. The summed E-state index contributed by atoms with van der Waals surface area (Å²) >= 11 is 0. The van der Waals surface area contributed by atoms with Crippen LogP contribution in [0.4, 0.5) is 16.2 Å². The van der Waals surface area contributed by atoms with Crippen LogP contribution in [0.15, 0.2) is 42.5 Å². The third-order valence-corrected chi connectivity index (χ3v) is 4.70. The molecule has 0 spiro atoms. The predicted octanol–water partition coefficient (Wildman–Crippen LogP) is 2.33. The number of primary amides is 1. The molecule has 140 valence electrons. The molecule has 1 aliphatic rings. The van der Waals surface area contributed by atoms with Gasteiger partial charge in [0.2, 0.25) is 5.91 Å². The van der Waals surface area contributed by atoms with Crippen molar-refractivity contribution in [3.05, 3.63) is 59.2 Å². The van der Waals surface area contributed by atoms with E-state index in [0.717, 1.165) is 16.8 Å². The molecule has 4 amide bonds. The Balaban J connectivity index is 1.65. The summed E-state index contributed by atoms with van der Waals surface area (Å²) in [5.74, 6) is -0.663. The van der Waals surface area contributed by atoms with Gasteiger partial charge in [-0.3, -0.25) is 9.59 Å². The maximum absolute atomic E-state index is 12.4. The maximum Gasteiger partial charge on any atom is 0.319 e. The van der Waals surface area contributed by atoms with Crippen LogP contribution in [-0.2, 0) is 4.79 Å². The summed E-state index contributed by atoms with van der Waals surface area (Å²) in [6, 6.07) is 11.6. The second-order valence-electron chi connectivity index (χ2n) is 6.68. The number of aryl methyl sites for hydroxylation is 2. The van der Waals surface area contributed by atoms with Crippen molar-refractivity contribution in [3.63, 3.8) is 0 Å². The van der Waals surface area contributed by atoms with Gasteiger partial charge < -0.3 is 21.3 Å². The summed E-state index contributed by atoms with van der Waals surface area (Å²) in [5, 5.41) is 5.41.